The van der Waals surface area contributed by atoms with Crippen LogP contribution < -0.4 is 4.74 Å². The van der Waals surface area contributed by atoms with Gasteiger partial charge >= 0.3 is 0 Å². The van der Waals surface area contributed by atoms with E-state index in [9.17, 15) is 9.90 Å². The number of phenols is 1. The van der Waals surface area contributed by atoms with Gasteiger partial charge < -0.3 is 9.84 Å². The lowest BCUT2D eigenvalue weighted by atomic mass is 10.1. The van der Waals surface area contributed by atoms with Crippen LogP contribution in [0.4, 0.5) is 0 Å². The van der Waals surface area contributed by atoms with Crippen LogP contribution in [0.3, 0.4) is 0 Å². The van der Waals surface area contributed by atoms with Crippen LogP contribution in [0.1, 0.15) is 20.1 Å². The molecule has 2 rings (SSSR count). The minimum Gasteiger partial charge on any atom is -0.504 e. The zero-order chi connectivity index (χ0) is 13.8. The number of allylic oxidation sites excluding steroid dienone is 1. The van der Waals surface area contributed by atoms with E-state index in [4.69, 9.17) is 4.74 Å². The number of benzene rings is 1. The maximum atomic E-state index is 12.0. The number of aromatic hydroxyl groups is 1. The van der Waals surface area contributed by atoms with Crippen molar-refractivity contribution in [2.75, 3.05) is 7.11 Å². The van der Waals surface area contributed by atoms with Crippen molar-refractivity contribution in [3.8, 4) is 11.5 Å². The first-order valence-corrected chi connectivity index (χ1v) is 6.57. The van der Waals surface area contributed by atoms with Crippen molar-refractivity contribution >= 4 is 23.2 Å². The number of phenolic OH excluding ortho intramolecular Hbond substituents is 1. The van der Waals surface area contributed by atoms with Crippen LogP contribution in [0.25, 0.3) is 6.08 Å². The first kappa shape index (κ1) is 13.4. The van der Waals surface area contributed by atoms with Crippen LogP contribution in [0.15, 0.2) is 36.4 Å². The van der Waals surface area contributed by atoms with Crippen molar-refractivity contribution in [2.45, 2.75) is 6.92 Å². The summed E-state index contributed by atoms with van der Waals surface area (Å²) in [4.78, 5) is 14.2. The van der Waals surface area contributed by atoms with Crippen molar-refractivity contribution < 1.29 is 14.6 Å². The molecule has 0 radical (unpaired) electrons. The highest BCUT2D eigenvalue weighted by molar-refractivity contribution is 7.12. The number of rotatable bonds is 4. The first-order chi connectivity index (χ1) is 9.10. The molecule has 0 spiro atoms. The minimum absolute atomic E-state index is 0.0249. The molecule has 1 aromatic heterocycles. The molecule has 4 heteroatoms. The Balaban J connectivity index is 2.18. The smallest absolute Gasteiger partial charge is 0.186 e. The van der Waals surface area contributed by atoms with E-state index >= 15 is 0 Å². The van der Waals surface area contributed by atoms with Crippen LogP contribution in [-0.2, 0) is 0 Å². The van der Waals surface area contributed by atoms with Crippen LogP contribution in [0.2, 0.25) is 0 Å². The minimum atomic E-state index is -0.121. The molecular weight excluding hydrogens is 260 g/mol. The Labute approximate surface area is 115 Å². The molecule has 0 aliphatic heterocycles. The van der Waals surface area contributed by atoms with E-state index < -0.39 is 0 Å². The zero-order valence-corrected chi connectivity index (χ0v) is 11.5. The third-order valence-electron chi connectivity index (χ3n) is 2.62. The Hall–Kier alpha value is -2.07. The molecule has 98 valence electrons. The predicted molar refractivity (Wildman–Crippen MR) is 77.1 cm³/mol. The topological polar surface area (TPSA) is 46.5 Å². The molecule has 0 amide bonds. The third-order valence-corrected chi connectivity index (χ3v) is 3.59. The summed E-state index contributed by atoms with van der Waals surface area (Å²) in [7, 11) is 1.45. The summed E-state index contributed by atoms with van der Waals surface area (Å²) in [6.45, 7) is 2.02. The Bertz CT molecular complexity index is 626. The van der Waals surface area contributed by atoms with Gasteiger partial charge in [-0.2, -0.15) is 0 Å². The molecule has 19 heavy (non-hydrogen) atoms. The molecule has 0 aliphatic carbocycles. The average Bonchev–Trinajstić information content (AvgIpc) is 2.82. The maximum absolute atomic E-state index is 12.0. The normalized spacial score (nSPS) is 10.8. The molecule has 1 heterocycles. The molecule has 0 fully saturated rings. The van der Waals surface area contributed by atoms with Crippen LogP contribution in [-0.4, -0.2) is 18.0 Å². The summed E-state index contributed by atoms with van der Waals surface area (Å²) in [6, 6.07) is 8.54. The molecule has 1 N–H and O–H groups in total. The Morgan fingerprint density at radius 1 is 1.32 bits per heavy atom. The lowest BCUT2D eigenvalue weighted by molar-refractivity contribution is 0.104. The molecule has 3 nitrogen and oxygen atoms in total. The van der Waals surface area contributed by atoms with Gasteiger partial charge in [-0.25, -0.2) is 0 Å². The highest BCUT2D eigenvalue weighted by Gasteiger charge is 2.07. The van der Waals surface area contributed by atoms with E-state index in [1.54, 1.807) is 23.5 Å². The number of methoxy groups -OCH3 is 1. The van der Waals surface area contributed by atoms with Gasteiger partial charge in [-0.05, 0) is 49.4 Å². The lowest BCUT2D eigenvalue weighted by Gasteiger charge is -2.04. The summed E-state index contributed by atoms with van der Waals surface area (Å²) in [5.41, 5.74) is 0.485. The van der Waals surface area contributed by atoms with Gasteiger partial charge in [0.1, 0.15) is 0 Å². The van der Waals surface area contributed by atoms with Crippen LogP contribution >= 0.6 is 11.3 Å². The van der Waals surface area contributed by atoms with Gasteiger partial charge in [-0.1, -0.05) is 0 Å². The number of aryl methyl sites for hydroxylation is 1. The van der Waals surface area contributed by atoms with E-state index in [-0.39, 0.29) is 11.5 Å². The van der Waals surface area contributed by atoms with Crippen LogP contribution in [0.5, 0.6) is 11.5 Å². The van der Waals surface area contributed by atoms with Crippen molar-refractivity contribution in [3.05, 3.63) is 51.7 Å². The summed E-state index contributed by atoms with van der Waals surface area (Å²) in [6.07, 6.45) is 3.32. The van der Waals surface area contributed by atoms with Crippen molar-refractivity contribution in [2.24, 2.45) is 0 Å². The number of carbonyl (C=O) groups excluding carboxylic acids is 1. The number of hydrogen-bond acceptors (Lipinski definition) is 4. The first-order valence-electron chi connectivity index (χ1n) is 5.76. The van der Waals surface area contributed by atoms with Crippen molar-refractivity contribution in [1.29, 1.82) is 0 Å². The van der Waals surface area contributed by atoms with E-state index in [2.05, 4.69) is 0 Å². The van der Waals surface area contributed by atoms with E-state index in [1.165, 1.54) is 30.2 Å². The fourth-order valence-electron chi connectivity index (χ4n) is 1.63. The van der Waals surface area contributed by atoms with Crippen molar-refractivity contribution in [1.82, 2.24) is 0 Å². The Morgan fingerprint density at radius 2 is 2.11 bits per heavy atom. The Kier molecular flexibility index (Phi) is 4.02. The number of hydrogen-bond donors (Lipinski definition) is 1. The monoisotopic (exact) mass is 274 g/mol. The second-order valence-electron chi connectivity index (χ2n) is 4.03. The number of thiophene rings is 1. The fraction of sp³-hybridized carbons (Fsp3) is 0.133. The average molecular weight is 274 g/mol. The number of carbonyl (C=O) groups is 1. The summed E-state index contributed by atoms with van der Waals surface area (Å²) >= 11 is 1.63. The molecule has 2 aromatic rings. The van der Waals surface area contributed by atoms with E-state index in [0.717, 1.165) is 4.88 Å². The van der Waals surface area contributed by atoms with Gasteiger partial charge in [0.05, 0.1) is 7.11 Å². The summed E-state index contributed by atoms with van der Waals surface area (Å²) in [5, 5.41) is 9.47. The molecular formula is C15H14O3S. The Morgan fingerprint density at radius 3 is 2.74 bits per heavy atom. The predicted octanol–water partition coefficient (Wildman–Crippen LogP) is 3.67. The maximum Gasteiger partial charge on any atom is 0.186 e. The highest BCUT2D eigenvalue weighted by Crippen LogP contribution is 2.26. The van der Waals surface area contributed by atoms with Gasteiger partial charge in [0.15, 0.2) is 17.3 Å². The molecule has 0 saturated heterocycles. The summed E-state index contributed by atoms with van der Waals surface area (Å²) in [5.74, 6) is 0.201. The summed E-state index contributed by atoms with van der Waals surface area (Å²) < 4.78 is 4.98. The van der Waals surface area contributed by atoms with E-state index in [1.807, 2.05) is 19.1 Å². The lowest BCUT2D eigenvalue weighted by Crippen LogP contribution is -1.95. The number of ketones is 1. The largest absolute Gasteiger partial charge is 0.504 e. The van der Waals surface area contributed by atoms with Gasteiger partial charge in [-0.3, -0.25) is 4.79 Å². The fourth-order valence-corrected chi connectivity index (χ4v) is 2.41. The van der Waals surface area contributed by atoms with Gasteiger partial charge in [-0.15, -0.1) is 11.3 Å². The van der Waals surface area contributed by atoms with Crippen LogP contribution in [0, 0.1) is 6.92 Å². The second-order valence-corrected chi connectivity index (χ2v) is 5.35. The second kappa shape index (κ2) is 5.71. The quantitative estimate of drug-likeness (QED) is 0.683. The molecule has 0 saturated carbocycles. The van der Waals surface area contributed by atoms with Gasteiger partial charge in [0.2, 0.25) is 0 Å². The molecule has 0 unspecified atom stereocenters. The molecule has 0 aliphatic rings. The standard InChI is InChI=1S/C15H14O3S/c1-10-3-5-12(19-10)6-8-13(16)11-4-7-14(17)15(9-11)18-2/h3-9,17H,1-2H3/b8-6+. The molecule has 0 bridgehead atoms. The number of ether oxygens (including phenoxy) is 1. The van der Waals surface area contributed by atoms with E-state index in [0.29, 0.717) is 11.3 Å². The van der Waals surface area contributed by atoms with Gasteiger partial charge in [0.25, 0.3) is 0 Å². The third kappa shape index (κ3) is 3.23. The molecule has 1 aromatic carbocycles. The zero-order valence-electron chi connectivity index (χ0n) is 10.7. The SMILES string of the molecule is COc1cc(C(=O)/C=C/c2ccc(C)s2)ccc1O. The van der Waals surface area contributed by atoms with Gasteiger partial charge in [0, 0.05) is 15.3 Å². The van der Waals surface area contributed by atoms with Crippen molar-refractivity contribution in [3.63, 3.8) is 0 Å². The molecule has 0 atom stereocenters. The highest BCUT2D eigenvalue weighted by atomic mass is 32.1.